The minimum Gasteiger partial charge on any atom is -0.365 e. The van der Waals surface area contributed by atoms with Gasteiger partial charge in [-0.15, -0.1) is 10.2 Å². The molecule has 1 aliphatic heterocycles. The van der Waals surface area contributed by atoms with Gasteiger partial charge in [-0.3, -0.25) is 0 Å². The van der Waals surface area contributed by atoms with Crippen LogP contribution in [0.15, 0.2) is 47.6 Å². The molecule has 33 heavy (non-hydrogen) atoms. The molecule has 2 aliphatic rings. The van der Waals surface area contributed by atoms with Crippen LogP contribution in [0.25, 0.3) is 11.3 Å². The molecule has 3 N–H and O–H groups in total. The summed E-state index contributed by atoms with van der Waals surface area (Å²) in [7, 11) is 0. The summed E-state index contributed by atoms with van der Waals surface area (Å²) in [6.45, 7) is 9.77. The van der Waals surface area contributed by atoms with Crippen LogP contribution in [-0.4, -0.2) is 27.9 Å². The molecule has 4 rings (SSSR count). The first-order chi connectivity index (χ1) is 16.0. The van der Waals surface area contributed by atoms with E-state index < -0.39 is 0 Å². The Morgan fingerprint density at radius 1 is 1.18 bits per heavy atom. The van der Waals surface area contributed by atoms with Gasteiger partial charge < -0.3 is 16.0 Å². The van der Waals surface area contributed by atoms with Gasteiger partial charge >= 0.3 is 0 Å². The maximum absolute atomic E-state index is 4.83. The molecule has 1 aromatic heterocycles. The third-order valence-corrected chi connectivity index (χ3v) is 6.73. The Morgan fingerprint density at radius 2 is 2.03 bits per heavy atom. The highest BCUT2D eigenvalue weighted by Crippen LogP contribution is 2.40. The first-order valence-electron chi connectivity index (χ1n) is 12.5. The number of hydrogen-bond acceptors (Lipinski definition) is 6. The van der Waals surface area contributed by atoms with E-state index in [0.29, 0.717) is 17.8 Å². The van der Waals surface area contributed by atoms with Crippen molar-refractivity contribution in [1.82, 2.24) is 15.2 Å². The Balaban J connectivity index is 1.56. The molecule has 3 unspecified atom stereocenters. The summed E-state index contributed by atoms with van der Waals surface area (Å²) in [4.78, 5) is 4.83. The molecule has 2 heterocycles. The summed E-state index contributed by atoms with van der Waals surface area (Å²) < 4.78 is 0. The third-order valence-electron chi connectivity index (χ3n) is 6.73. The standard InChI is InChI=1S/C27H38N6/c1-5-6-16-28-27-31-26-24(32-33-27)22-12-7-8-13-23(22)29-25(30-26)21-15-14-20(17-19(21)4)11-9-10-18(2)3/h7-8,10,12-14,19,21,25,29H,5-6,9,11,15-17H2,1-4H3,(H2,28,30,31,33). The highest BCUT2D eigenvalue weighted by molar-refractivity contribution is 5.84. The fourth-order valence-corrected chi connectivity index (χ4v) is 4.84. The predicted octanol–water partition coefficient (Wildman–Crippen LogP) is 6.63. The molecule has 3 atom stereocenters. The molecule has 0 saturated heterocycles. The number of allylic oxidation sites excluding steroid dienone is 4. The number of aromatic nitrogens is 3. The average Bonchev–Trinajstić information content (AvgIpc) is 2.95. The predicted molar refractivity (Wildman–Crippen MR) is 138 cm³/mol. The number of rotatable bonds is 8. The molecule has 0 fully saturated rings. The lowest BCUT2D eigenvalue weighted by Gasteiger charge is -2.36. The minimum absolute atomic E-state index is 0.0816. The maximum Gasteiger partial charge on any atom is 0.244 e. The van der Waals surface area contributed by atoms with Gasteiger partial charge in [-0.25, -0.2) is 0 Å². The summed E-state index contributed by atoms with van der Waals surface area (Å²) in [5.41, 5.74) is 5.94. The monoisotopic (exact) mass is 446 g/mol. The second kappa shape index (κ2) is 10.8. The minimum atomic E-state index is 0.0816. The second-order valence-corrected chi connectivity index (χ2v) is 9.69. The van der Waals surface area contributed by atoms with Crippen LogP contribution in [0.4, 0.5) is 17.5 Å². The van der Waals surface area contributed by atoms with Crippen LogP contribution in [0, 0.1) is 11.8 Å². The van der Waals surface area contributed by atoms with E-state index in [9.17, 15) is 0 Å². The largest absolute Gasteiger partial charge is 0.365 e. The van der Waals surface area contributed by atoms with Crippen LogP contribution in [0.2, 0.25) is 0 Å². The number of para-hydroxylation sites is 1. The summed E-state index contributed by atoms with van der Waals surface area (Å²) in [5.74, 6) is 2.43. The number of nitrogens with one attached hydrogen (secondary N) is 3. The van der Waals surface area contributed by atoms with Gasteiger partial charge in [0.15, 0.2) is 5.82 Å². The number of nitrogens with zero attached hydrogens (tertiary/aromatic N) is 3. The smallest absolute Gasteiger partial charge is 0.244 e. The lowest BCUT2D eigenvalue weighted by molar-refractivity contribution is 0.310. The number of hydrogen-bond donors (Lipinski definition) is 3. The van der Waals surface area contributed by atoms with Gasteiger partial charge in [-0.2, -0.15) is 4.98 Å². The molecule has 0 bridgehead atoms. The first-order valence-corrected chi connectivity index (χ1v) is 12.5. The van der Waals surface area contributed by atoms with Gasteiger partial charge in [0.25, 0.3) is 0 Å². The summed E-state index contributed by atoms with van der Waals surface area (Å²) in [6, 6.07) is 8.34. The zero-order valence-electron chi connectivity index (χ0n) is 20.5. The molecule has 0 spiro atoms. The normalized spacial score (nSPS) is 21.5. The third kappa shape index (κ3) is 5.73. The Bertz CT molecular complexity index is 1010. The Morgan fingerprint density at radius 3 is 2.82 bits per heavy atom. The van der Waals surface area contributed by atoms with Gasteiger partial charge in [0.1, 0.15) is 11.9 Å². The Kier molecular flexibility index (Phi) is 7.63. The number of benzene rings is 1. The van der Waals surface area contributed by atoms with Crippen molar-refractivity contribution in [3.05, 3.63) is 47.6 Å². The second-order valence-electron chi connectivity index (χ2n) is 9.69. The molecule has 1 aromatic carbocycles. The van der Waals surface area contributed by atoms with E-state index in [4.69, 9.17) is 4.98 Å². The van der Waals surface area contributed by atoms with E-state index in [0.717, 1.165) is 61.4 Å². The van der Waals surface area contributed by atoms with Crippen LogP contribution in [0.5, 0.6) is 0 Å². The van der Waals surface area contributed by atoms with Crippen molar-refractivity contribution in [3.8, 4) is 11.3 Å². The topological polar surface area (TPSA) is 74.8 Å². The Labute approximate surface area is 198 Å². The van der Waals surface area contributed by atoms with Gasteiger partial charge in [0.05, 0.1) is 0 Å². The fourth-order valence-electron chi connectivity index (χ4n) is 4.84. The van der Waals surface area contributed by atoms with E-state index in [1.54, 1.807) is 5.57 Å². The zero-order chi connectivity index (χ0) is 23.2. The van der Waals surface area contributed by atoms with E-state index in [1.165, 1.54) is 12.0 Å². The van der Waals surface area contributed by atoms with Crippen LogP contribution >= 0.6 is 0 Å². The van der Waals surface area contributed by atoms with Crippen molar-refractivity contribution in [3.63, 3.8) is 0 Å². The highest BCUT2D eigenvalue weighted by Gasteiger charge is 2.33. The Hall–Kier alpha value is -2.89. The molecule has 2 aromatic rings. The lowest BCUT2D eigenvalue weighted by Crippen LogP contribution is -2.40. The van der Waals surface area contributed by atoms with Crippen LogP contribution in [0.3, 0.4) is 0 Å². The van der Waals surface area contributed by atoms with Gasteiger partial charge in [0, 0.05) is 23.7 Å². The van der Waals surface area contributed by atoms with E-state index in [2.05, 4.69) is 84.2 Å². The summed E-state index contributed by atoms with van der Waals surface area (Å²) >= 11 is 0. The number of anilines is 3. The fraction of sp³-hybridized carbons (Fsp3) is 0.519. The van der Waals surface area contributed by atoms with Crippen molar-refractivity contribution in [2.45, 2.75) is 72.4 Å². The molecule has 6 nitrogen and oxygen atoms in total. The number of unbranched alkanes of at least 4 members (excludes halogenated alkanes) is 1. The van der Waals surface area contributed by atoms with Gasteiger partial charge in [0.2, 0.25) is 5.95 Å². The molecule has 0 amide bonds. The molecule has 6 heteroatoms. The quantitative estimate of drug-likeness (QED) is 0.312. The van der Waals surface area contributed by atoms with E-state index in [-0.39, 0.29) is 6.17 Å². The van der Waals surface area contributed by atoms with Crippen molar-refractivity contribution in [2.75, 3.05) is 22.5 Å². The van der Waals surface area contributed by atoms with E-state index >= 15 is 0 Å². The maximum atomic E-state index is 4.83. The van der Waals surface area contributed by atoms with Gasteiger partial charge in [-0.05, 0) is 57.9 Å². The highest BCUT2D eigenvalue weighted by atomic mass is 15.3. The zero-order valence-corrected chi connectivity index (χ0v) is 20.5. The SMILES string of the molecule is CCCCNc1nnc2c(n1)NC(C1CC=C(CCC=C(C)C)CC1C)Nc1ccccc1-2. The molecule has 0 saturated carbocycles. The molecule has 1 aliphatic carbocycles. The number of fused-ring (bicyclic) bond motifs is 3. The summed E-state index contributed by atoms with van der Waals surface area (Å²) in [6.07, 6.45) is 11.6. The van der Waals surface area contributed by atoms with Crippen LogP contribution in [-0.2, 0) is 0 Å². The average molecular weight is 447 g/mol. The first kappa shape index (κ1) is 23.3. The molecular weight excluding hydrogens is 408 g/mol. The van der Waals surface area contributed by atoms with Crippen molar-refractivity contribution < 1.29 is 0 Å². The van der Waals surface area contributed by atoms with Crippen molar-refractivity contribution in [1.29, 1.82) is 0 Å². The molecule has 176 valence electrons. The van der Waals surface area contributed by atoms with Crippen molar-refractivity contribution >= 4 is 17.5 Å². The summed E-state index contributed by atoms with van der Waals surface area (Å²) in [5, 5.41) is 19.7. The molecular formula is C27H38N6. The molecule has 0 radical (unpaired) electrons. The van der Waals surface area contributed by atoms with Gasteiger partial charge in [-0.1, -0.05) is 61.8 Å². The van der Waals surface area contributed by atoms with E-state index in [1.807, 2.05) is 6.07 Å². The van der Waals surface area contributed by atoms with Crippen LogP contribution in [0.1, 0.15) is 66.2 Å². The lowest BCUT2D eigenvalue weighted by atomic mass is 9.77. The van der Waals surface area contributed by atoms with Crippen molar-refractivity contribution in [2.24, 2.45) is 11.8 Å². The van der Waals surface area contributed by atoms with Crippen LogP contribution < -0.4 is 16.0 Å².